The molecule has 0 aromatic heterocycles. The molecule has 4 heteroatoms. The number of dihydropyridines is 1. The van der Waals surface area contributed by atoms with E-state index in [4.69, 9.17) is 15.9 Å². The molecule has 1 atom stereocenters. The Morgan fingerprint density at radius 3 is 2.72 bits per heavy atom. The van der Waals surface area contributed by atoms with Crippen LogP contribution in [-0.4, -0.2) is 18.5 Å². The van der Waals surface area contributed by atoms with Crippen LogP contribution in [-0.2, 0) is 4.74 Å². The summed E-state index contributed by atoms with van der Waals surface area (Å²) in [6.07, 6.45) is 16.0. The van der Waals surface area contributed by atoms with Crippen molar-refractivity contribution in [3.05, 3.63) is 77.7 Å². The van der Waals surface area contributed by atoms with Gasteiger partial charge in [-0.1, -0.05) is 68.5 Å². The predicted octanol–water partition coefficient (Wildman–Crippen LogP) is 5.31. The molecular formula is C25H33N3O. The van der Waals surface area contributed by atoms with Gasteiger partial charge >= 0.3 is 0 Å². The van der Waals surface area contributed by atoms with Gasteiger partial charge in [0.1, 0.15) is 0 Å². The third-order valence-electron chi connectivity index (χ3n) is 5.67. The highest BCUT2D eigenvalue weighted by Crippen LogP contribution is 2.27. The molecule has 4 N–H and O–H groups in total. The van der Waals surface area contributed by atoms with Crippen LogP contribution in [0.4, 0.5) is 0 Å². The number of hydrogen-bond acceptors (Lipinski definition) is 3. The molecule has 154 valence electrons. The molecule has 0 spiro atoms. The van der Waals surface area contributed by atoms with Crippen molar-refractivity contribution in [2.24, 2.45) is 11.1 Å². The summed E-state index contributed by atoms with van der Waals surface area (Å²) < 4.78 is 6.11. The number of rotatable bonds is 9. The summed E-state index contributed by atoms with van der Waals surface area (Å²) in [7, 11) is 0. The number of amidine groups is 1. The number of unbranched alkanes of at least 4 members (excludes halogenated alkanes) is 1. The van der Waals surface area contributed by atoms with Gasteiger partial charge in [-0.3, -0.25) is 5.41 Å². The van der Waals surface area contributed by atoms with Crippen LogP contribution in [0.25, 0.3) is 5.57 Å². The Hall–Kier alpha value is -2.75. The minimum atomic E-state index is -0.238. The Labute approximate surface area is 174 Å². The van der Waals surface area contributed by atoms with Crippen molar-refractivity contribution in [1.82, 2.24) is 5.32 Å². The first-order valence-corrected chi connectivity index (χ1v) is 10.5. The van der Waals surface area contributed by atoms with E-state index in [0.717, 1.165) is 38.0 Å². The second-order valence-corrected chi connectivity index (χ2v) is 8.43. The first-order chi connectivity index (χ1) is 14.0. The van der Waals surface area contributed by atoms with E-state index < -0.39 is 0 Å². The quantitative estimate of drug-likeness (QED) is 0.303. The molecule has 29 heavy (non-hydrogen) atoms. The summed E-state index contributed by atoms with van der Waals surface area (Å²) >= 11 is 0. The van der Waals surface area contributed by atoms with Crippen molar-refractivity contribution in [2.45, 2.75) is 52.0 Å². The minimum absolute atomic E-state index is 0.159. The van der Waals surface area contributed by atoms with E-state index in [1.807, 2.05) is 19.9 Å². The van der Waals surface area contributed by atoms with E-state index in [2.05, 4.69) is 60.0 Å². The van der Waals surface area contributed by atoms with Crippen LogP contribution >= 0.6 is 0 Å². The van der Waals surface area contributed by atoms with Gasteiger partial charge in [-0.15, -0.1) is 0 Å². The number of benzene rings is 1. The van der Waals surface area contributed by atoms with Gasteiger partial charge in [-0.05, 0) is 48.8 Å². The highest BCUT2D eigenvalue weighted by molar-refractivity contribution is 5.82. The van der Waals surface area contributed by atoms with Crippen LogP contribution in [0.2, 0.25) is 0 Å². The molecule has 1 aromatic rings. The van der Waals surface area contributed by atoms with Gasteiger partial charge in [0.25, 0.3) is 0 Å². The third-order valence-corrected chi connectivity index (χ3v) is 5.67. The maximum absolute atomic E-state index is 7.67. The summed E-state index contributed by atoms with van der Waals surface area (Å²) in [4.78, 5) is 0. The highest BCUT2D eigenvalue weighted by atomic mass is 16.5. The number of nitrogens with one attached hydrogen (secondary N) is 2. The summed E-state index contributed by atoms with van der Waals surface area (Å²) in [6.45, 7) is 4.70. The van der Waals surface area contributed by atoms with Gasteiger partial charge < -0.3 is 15.8 Å². The Morgan fingerprint density at radius 2 is 2.03 bits per heavy atom. The van der Waals surface area contributed by atoms with E-state index in [9.17, 15) is 0 Å². The molecule has 3 rings (SSSR count). The zero-order valence-electron chi connectivity index (χ0n) is 17.6. The molecule has 1 aliphatic carbocycles. The molecule has 1 unspecified atom stereocenters. The fourth-order valence-electron chi connectivity index (χ4n) is 3.56. The lowest BCUT2D eigenvalue weighted by Gasteiger charge is -2.27. The summed E-state index contributed by atoms with van der Waals surface area (Å²) in [5.74, 6) is 1.09. The summed E-state index contributed by atoms with van der Waals surface area (Å²) in [5.41, 5.74) is 9.22. The predicted molar refractivity (Wildman–Crippen MR) is 121 cm³/mol. The fraction of sp³-hybridized carbons (Fsp3) is 0.400. The molecule has 1 aliphatic heterocycles. The Kier molecular flexibility index (Phi) is 6.97. The van der Waals surface area contributed by atoms with E-state index in [-0.39, 0.29) is 17.3 Å². The molecule has 0 fully saturated rings. The van der Waals surface area contributed by atoms with Crippen LogP contribution in [0.3, 0.4) is 0 Å². The van der Waals surface area contributed by atoms with Crippen molar-refractivity contribution in [3.63, 3.8) is 0 Å². The number of ether oxygens (including phenoxy) is 1. The molecule has 2 aliphatic rings. The summed E-state index contributed by atoms with van der Waals surface area (Å²) in [6, 6.07) is 10.6. The van der Waals surface area contributed by atoms with Crippen molar-refractivity contribution < 1.29 is 4.74 Å². The molecule has 0 amide bonds. The average molecular weight is 392 g/mol. The second-order valence-electron chi connectivity index (χ2n) is 8.43. The van der Waals surface area contributed by atoms with Crippen molar-refractivity contribution in [2.75, 3.05) is 6.61 Å². The van der Waals surface area contributed by atoms with E-state index in [1.54, 1.807) is 0 Å². The minimum Gasteiger partial charge on any atom is -0.479 e. The van der Waals surface area contributed by atoms with Gasteiger partial charge in [-0.25, -0.2) is 0 Å². The second kappa shape index (κ2) is 9.64. The van der Waals surface area contributed by atoms with Gasteiger partial charge in [-0.2, -0.15) is 0 Å². The van der Waals surface area contributed by atoms with Crippen molar-refractivity contribution >= 4 is 11.4 Å². The van der Waals surface area contributed by atoms with E-state index >= 15 is 0 Å². The molecule has 0 saturated carbocycles. The Morgan fingerprint density at radius 1 is 1.24 bits per heavy atom. The van der Waals surface area contributed by atoms with Crippen LogP contribution < -0.4 is 11.1 Å². The monoisotopic (exact) mass is 391 g/mol. The Balaban J connectivity index is 1.63. The highest BCUT2D eigenvalue weighted by Gasteiger charge is 2.22. The topological polar surface area (TPSA) is 71.1 Å². The SMILES string of the molecule is CC(C)(CCCCOC1=CC(c2ccccc2)=CC(C2=CC=CCC2)N1)C(=N)N. The molecule has 0 radical (unpaired) electrons. The summed E-state index contributed by atoms with van der Waals surface area (Å²) in [5, 5.41) is 11.2. The smallest absolute Gasteiger partial charge is 0.187 e. The molecule has 4 nitrogen and oxygen atoms in total. The lowest BCUT2D eigenvalue weighted by molar-refractivity contribution is 0.179. The van der Waals surface area contributed by atoms with Gasteiger partial charge in [0.15, 0.2) is 5.88 Å². The van der Waals surface area contributed by atoms with E-state index in [0.29, 0.717) is 6.61 Å². The average Bonchev–Trinajstić information content (AvgIpc) is 2.74. The number of hydrogen-bond donors (Lipinski definition) is 3. The van der Waals surface area contributed by atoms with Crippen molar-refractivity contribution in [1.29, 1.82) is 5.41 Å². The Bertz CT molecular complexity index is 831. The first kappa shape index (κ1) is 21.0. The molecule has 1 heterocycles. The maximum Gasteiger partial charge on any atom is 0.187 e. The zero-order chi connectivity index (χ0) is 20.7. The lowest BCUT2D eigenvalue weighted by atomic mass is 9.86. The van der Waals surface area contributed by atoms with E-state index in [1.165, 1.54) is 16.7 Å². The third kappa shape index (κ3) is 5.86. The molecule has 1 aromatic carbocycles. The molecular weight excluding hydrogens is 358 g/mol. The van der Waals surface area contributed by atoms with Gasteiger partial charge in [0.05, 0.1) is 18.5 Å². The van der Waals surface area contributed by atoms with Crippen LogP contribution in [0, 0.1) is 10.8 Å². The standard InChI is InChI=1S/C25H33N3O/c1-25(2,24(26)27)15-9-10-16-29-23-18-21(19-11-5-3-6-12-19)17-22(28-23)20-13-7-4-8-14-20/h3-7,11-13,17-18,22,28H,8-10,14-16H2,1-2H3,(H3,26,27). The maximum atomic E-state index is 7.67. The van der Waals surface area contributed by atoms with Gasteiger partial charge in [0, 0.05) is 11.5 Å². The number of allylic oxidation sites excluding steroid dienone is 5. The lowest BCUT2D eigenvalue weighted by Crippen LogP contribution is -2.33. The van der Waals surface area contributed by atoms with Crippen LogP contribution in [0.1, 0.15) is 51.5 Å². The first-order valence-electron chi connectivity index (χ1n) is 10.5. The molecule has 0 saturated heterocycles. The van der Waals surface area contributed by atoms with Crippen LogP contribution in [0.15, 0.2) is 72.2 Å². The fourth-order valence-corrected chi connectivity index (χ4v) is 3.56. The normalized spacial score (nSPS) is 19.0. The largest absolute Gasteiger partial charge is 0.479 e. The van der Waals surface area contributed by atoms with Gasteiger partial charge in [0.2, 0.25) is 0 Å². The van der Waals surface area contributed by atoms with Crippen LogP contribution in [0.5, 0.6) is 0 Å². The number of nitrogens with two attached hydrogens (primary N) is 1. The van der Waals surface area contributed by atoms with Crippen molar-refractivity contribution in [3.8, 4) is 0 Å². The molecule has 0 bridgehead atoms. The zero-order valence-corrected chi connectivity index (χ0v) is 17.6.